The third kappa shape index (κ3) is 5.86. The van der Waals surface area contributed by atoms with Crippen LogP contribution in [0.5, 0.6) is 0 Å². The van der Waals surface area contributed by atoms with Gasteiger partial charge in [0.05, 0.1) is 4.08 Å². The highest BCUT2D eigenvalue weighted by atomic mass is 32.2. The van der Waals surface area contributed by atoms with E-state index in [0.717, 1.165) is 12.8 Å². The molecule has 0 unspecified atom stereocenters. The number of thioether (sulfide) groups is 1. The quantitative estimate of drug-likeness (QED) is 0.433. The van der Waals surface area contributed by atoms with Gasteiger partial charge in [0.25, 0.3) is 0 Å². The van der Waals surface area contributed by atoms with Crippen molar-refractivity contribution < 1.29 is 9.53 Å². The Morgan fingerprint density at radius 1 is 1.57 bits per heavy atom. The molecular formula is C9H17BO2S2. The monoisotopic (exact) mass is 232 g/mol. The number of hydrogen-bond acceptors (Lipinski definition) is 4. The van der Waals surface area contributed by atoms with Crippen LogP contribution in [-0.2, 0) is 4.74 Å². The van der Waals surface area contributed by atoms with E-state index in [-0.39, 0.29) is 9.33 Å². The average Bonchev–Trinajstić information content (AvgIpc) is 2.14. The van der Waals surface area contributed by atoms with Gasteiger partial charge in [0.1, 0.15) is 6.61 Å². The number of rotatable bonds is 6. The Balaban J connectivity index is 3.90. The van der Waals surface area contributed by atoms with E-state index in [1.807, 2.05) is 6.92 Å². The lowest BCUT2D eigenvalue weighted by Crippen LogP contribution is -2.21. The maximum Gasteiger partial charge on any atom is 0.235 e. The number of ether oxygens (including phenoxy) is 1. The highest BCUT2D eigenvalue weighted by Gasteiger charge is 2.24. The molecule has 0 aliphatic heterocycles. The van der Waals surface area contributed by atoms with Gasteiger partial charge in [-0.2, -0.15) is 12.6 Å². The van der Waals surface area contributed by atoms with Gasteiger partial charge in [-0.05, 0) is 19.8 Å². The Labute approximate surface area is 97.4 Å². The van der Waals surface area contributed by atoms with Crippen LogP contribution in [0, 0.1) is 0 Å². The van der Waals surface area contributed by atoms with Crippen LogP contribution in [0.25, 0.3) is 0 Å². The van der Waals surface area contributed by atoms with Crippen LogP contribution in [0.4, 0.5) is 4.79 Å². The summed E-state index contributed by atoms with van der Waals surface area (Å²) in [5.41, 5.74) is 0. The summed E-state index contributed by atoms with van der Waals surface area (Å²) in [6.07, 6.45) is 1.97. The van der Waals surface area contributed by atoms with Crippen molar-refractivity contribution >= 4 is 38.1 Å². The molecular weight excluding hydrogens is 215 g/mol. The van der Waals surface area contributed by atoms with Gasteiger partial charge in [-0.3, -0.25) is 4.79 Å². The van der Waals surface area contributed by atoms with Crippen LogP contribution >= 0.6 is 24.4 Å². The lowest BCUT2D eigenvalue weighted by molar-refractivity contribution is 0.175. The minimum Gasteiger partial charge on any atom is -0.474 e. The number of carbonyl (C=O) groups excluding carboxylic acids is 1. The van der Waals surface area contributed by atoms with Crippen molar-refractivity contribution in [1.29, 1.82) is 0 Å². The first-order valence-electron chi connectivity index (χ1n) is 4.76. The Morgan fingerprint density at radius 3 is 2.43 bits per heavy atom. The van der Waals surface area contributed by atoms with Gasteiger partial charge in [0.15, 0.2) is 0 Å². The van der Waals surface area contributed by atoms with Crippen molar-refractivity contribution in [2.45, 2.75) is 42.9 Å². The second-order valence-corrected chi connectivity index (χ2v) is 6.19. The molecule has 0 heterocycles. The van der Waals surface area contributed by atoms with Gasteiger partial charge >= 0.3 is 0 Å². The summed E-state index contributed by atoms with van der Waals surface area (Å²) in [6, 6.07) is 0. The van der Waals surface area contributed by atoms with Crippen LogP contribution in [0.3, 0.4) is 0 Å². The summed E-state index contributed by atoms with van der Waals surface area (Å²) >= 11 is 6.31. The molecule has 0 saturated carbocycles. The fourth-order valence-electron chi connectivity index (χ4n) is 1.02. The van der Waals surface area contributed by atoms with Crippen LogP contribution in [0.15, 0.2) is 0 Å². The van der Waals surface area contributed by atoms with E-state index < -0.39 is 5.87 Å². The van der Waals surface area contributed by atoms with Gasteiger partial charge in [0, 0.05) is 5.25 Å². The molecule has 0 aromatic heterocycles. The maximum absolute atomic E-state index is 10.4. The van der Waals surface area contributed by atoms with Crippen LogP contribution in [0.1, 0.15) is 33.6 Å². The number of hydrogen-bond donors (Lipinski definition) is 1. The van der Waals surface area contributed by atoms with E-state index in [1.165, 1.54) is 0 Å². The van der Waals surface area contributed by atoms with Gasteiger partial charge in [0.2, 0.25) is 13.7 Å². The largest absolute Gasteiger partial charge is 0.474 e. The second kappa shape index (κ2) is 6.67. The molecule has 0 aromatic rings. The maximum atomic E-state index is 10.4. The normalized spacial score (nSPS) is 13.7. The third-order valence-corrected chi connectivity index (χ3v) is 4.49. The van der Waals surface area contributed by atoms with Gasteiger partial charge < -0.3 is 4.74 Å². The zero-order valence-corrected chi connectivity index (χ0v) is 10.7. The Morgan fingerprint density at radius 2 is 2.07 bits per heavy atom. The van der Waals surface area contributed by atoms with Crippen LogP contribution in [-0.4, -0.2) is 29.7 Å². The molecule has 0 fully saturated rings. The van der Waals surface area contributed by atoms with E-state index in [0.29, 0.717) is 6.61 Å². The first kappa shape index (κ1) is 14.2. The summed E-state index contributed by atoms with van der Waals surface area (Å²) in [7, 11) is 4.88. The van der Waals surface area contributed by atoms with Crippen molar-refractivity contribution in [2.24, 2.45) is 0 Å². The minimum absolute atomic E-state index is 0.0274. The number of thiol groups is 1. The molecule has 1 atom stereocenters. The number of carbonyl (C=O) groups is 1. The third-order valence-electron chi connectivity index (χ3n) is 1.99. The molecule has 5 heteroatoms. The molecule has 2 nitrogen and oxygen atoms in total. The molecule has 0 amide bonds. The van der Waals surface area contributed by atoms with E-state index in [9.17, 15) is 4.79 Å². The minimum atomic E-state index is -0.713. The average molecular weight is 232 g/mol. The van der Waals surface area contributed by atoms with Crippen LogP contribution < -0.4 is 0 Å². The zero-order valence-electron chi connectivity index (χ0n) is 8.95. The molecule has 0 saturated heterocycles. The molecule has 0 aliphatic rings. The van der Waals surface area contributed by atoms with Crippen molar-refractivity contribution in [1.82, 2.24) is 0 Å². The molecule has 0 spiro atoms. The molecule has 0 rings (SSSR count). The highest BCUT2D eigenvalue weighted by molar-refractivity contribution is 8.11. The Bertz CT molecular complexity index is 184. The van der Waals surface area contributed by atoms with Crippen molar-refractivity contribution in [2.75, 3.05) is 6.61 Å². The lowest BCUT2D eigenvalue weighted by atomic mass is 10.2. The summed E-state index contributed by atoms with van der Waals surface area (Å²) < 4.78 is 4.70. The zero-order chi connectivity index (χ0) is 11.2. The summed E-state index contributed by atoms with van der Waals surface area (Å²) in [4.78, 5) is 10.4. The fourth-order valence-corrected chi connectivity index (χ4v) is 2.78. The summed E-state index contributed by atoms with van der Waals surface area (Å²) in [5.74, 6) is -0.713. The molecule has 2 radical (unpaired) electrons. The Kier molecular flexibility index (Phi) is 6.78. The fraction of sp³-hybridized carbons (Fsp3) is 0.889. The van der Waals surface area contributed by atoms with E-state index in [4.69, 9.17) is 12.6 Å². The molecule has 80 valence electrons. The first-order chi connectivity index (χ1) is 6.43. The molecule has 14 heavy (non-hydrogen) atoms. The van der Waals surface area contributed by atoms with Gasteiger partial charge in [-0.1, -0.05) is 13.8 Å². The van der Waals surface area contributed by atoms with Gasteiger partial charge in [-0.15, -0.1) is 11.8 Å². The van der Waals surface area contributed by atoms with Crippen molar-refractivity contribution in [3.63, 3.8) is 0 Å². The topological polar surface area (TPSA) is 26.3 Å². The SMILES string of the molecule is [B]C(=O)OC[C@@H](C)SC(S)(CC)CC. The Hall–Kier alpha value is 0.235. The molecule has 0 aromatic carbocycles. The van der Waals surface area contributed by atoms with E-state index in [1.54, 1.807) is 11.8 Å². The standard InChI is InChI=1S/C9H17BO2S2/c1-4-9(13,5-2)14-7(3)6-12-8(10)11/h7,13H,4-6H2,1-3H3/t7-/m1/s1. The predicted molar refractivity (Wildman–Crippen MR) is 66.5 cm³/mol. The molecule has 0 N–H and O–H groups in total. The predicted octanol–water partition coefficient (Wildman–Crippen LogP) is 2.86. The van der Waals surface area contributed by atoms with Crippen molar-refractivity contribution in [3.8, 4) is 0 Å². The summed E-state index contributed by atoms with van der Waals surface area (Å²) in [6.45, 7) is 6.56. The van der Waals surface area contributed by atoms with Crippen molar-refractivity contribution in [3.05, 3.63) is 0 Å². The first-order valence-corrected chi connectivity index (χ1v) is 6.08. The molecule has 0 aliphatic carbocycles. The smallest absolute Gasteiger partial charge is 0.235 e. The van der Waals surface area contributed by atoms with E-state index >= 15 is 0 Å². The second-order valence-electron chi connectivity index (χ2n) is 3.21. The molecule has 0 bridgehead atoms. The van der Waals surface area contributed by atoms with Gasteiger partial charge in [-0.25, -0.2) is 0 Å². The van der Waals surface area contributed by atoms with E-state index in [2.05, 4.69) is 26.5 Å². The highest BCUT2D eigenvalue weighted by Crippen LogP contribution is 2.38. The van der Waals surface area contributed by atoms with Crippen LogP contribution in [0.2, 0.25) is 0 Å². The lowest BCUT2D eigenvalue weighted by Gasteiger charge is -2.28. The summed E-state index contributed by atoms with van der Waals surface area (Å²) in [5, 5.41) is 0.222.